The Morgan fingerprint density at radius 1 is 1.60 bits per heavy atom. The summed E-state index contributed by atoms with van der Waals surface area (Å²) >= 11 is 5.53. The van der Waals surface area contributed by atoms with Crippen LogP contribution < -0.4 is 5.56 Å². The van der Waals surface area contributed by atoms with Gasteiger partial charge in [0.2, 0.25) is 0 Å². The van der Waals surface area contributed by atoms with Gasteiger partial charge in [-0.05, 0) is 6.07 Å². The lowest BCUT2D eigenvalue weighted by Crippen LogP contribution is -2.14. The van der Waals surface area contributed by atoms with E-state index in [1.807, 2.05) is 0 Å². The lowest BCUT2D eigenvalue weighted by atomic mass is 10.2. The molecule has 2 aromatic heterocycles. The van der Waals surface area contributed by atoms with Gasteiger partial charge >= 0.3 is 0 Å². The second kappa shape index (κ2) is 3.86. The standard InChI is InChI=1S/C9H8ClN3O2/c1-13-3-2-6(4-8(13)14)9-11-7(5-10)12-15-9/h2-4H,5H2,1H3. The highest BCUT2D eigenvalue weighted by Gasteiger charge is 2.08. The maximum Gasteiger partial charge on any atom is 0.258 e. The molecule has 2 aromatic rings. The van der Waals surface area contributed by atoms with Crippen LogP contribution in [0.3, 0.4) is 0 Å². The molecule has 0 aliphatic rings. The van der Waals surface area contributed by atoms with Gasteiger partial charge in [0, 0.05) is 24.9 Å². The average Bonchev–Trinajstić information content (AvgIpc) is 2.70. The third kappa shape index (κ3) is 1.92. The maximum absolute atomic E-state index is 11.3. The first kappa shape index (κ1) is 9.92. The first-order valence-electron chi connectivity index (χ1n) is 4.26. The van der Waals surface area contributed by atoms with Gasteiger partial charge in [0.1, 0.15) is 0 Å². The van der Waals surface area contributed by atoms with Crippen LogP contribution in [0.25, 0.3) is 11.5 Å². The highest BCUT2D eigenvalue weighted by Crippen LogP contribution is 2.14. The number of nitrogens with zero attached hydrogens (tertiary/aromatic N) is 3. The molecule has 2 heterocycles. The van der Waals surface area contributed by atoms with Crippen LogP contribution in [0.1, 0.15) is 5.82 Å². The molecule has 0 N–H and O–H groups in total. The largest absolute Gasteiger partial charge is 0.334 e. The van der Waals surface area contributed by atoms with Gasteiger partial charge in [-0.2, -0.15) is 4.98 Å². The summed E-state index contributed by atoms with van der Waals surface area (Å²) in [5, 5.41) is 3.64. The van der Waals surface area contributed by atoms with E-state index in [-0.39, 0.29) is 11.4 Å². The van der Waals surface area contributed by atoms with Crippen molar-refractivity contribution in [2.45, 2.75) is 5.88 Å². The molecular weight excluding hydrogens is 218 g/mol. The summed E-state index contributed by atoms with van der Waals surface area (Å²) in [5.41, 5.74) is 0.472. The number of alkyl halides is 1. The number of aromatic nitrogens is 3. The molecule has 2 rings (SSSR count). The van der Waals surface area contributed by atoms with E-state index in [1.165, 1.54) is 10.6 Å². The van der Waals surface area contributed by atoms with E-state index >= 15 is 0 Å². The zero-order valence-electron chi connectivity index (χ0n) is 7.98. The normalized spacial score (nSPS) is 10.5. The highest BCUT2D eigenvalue weighted by molar-refractivity contribution is 6.16. The van der Waals surface area contributed by atoms with Crippen molar-refractivity contribution in [2.75, 3.05) is 0 Å². The highest BCUT2D eigenvalue weighted by atomic mass is 35.5. The van der Waals surface area contributed by atoms with Gasteiger partial charge in [-0.3, -0.25) is 4.79 Å². The molecule has 0 spiro atoms. The number of rotatable bonds is 2. The van der Waals surface area contributed by atoms with Crippen molar-refractivity contribution in [3.63, 3.8) is 0 Å². The van der Waals surface area contributed by atoms with Gasteiger partial charge in [0.15, 0.2) is 5.82 Å². The SMILES string of the molecule is Cn1ccc(-c2nc(CCl)no2)cc1=O. The maximum atomic E-state index is 11.3. The van der Waals surface area contributed by atoms with Crippen LogP contribution in [0.2, 0.25) is 0 Å². The molecule has 15 heavy (non-hydrogen) atoms. The van der Waals surface area contributed by atoms with Crippen molar-refractivity contribution in [1.82, 2.24) is 14.7 Å². The van der Waals surface area contributed by atoms with Crippen molar-refractivity contribution >= 4 is 11.6 Å². The topological polar surface area (TPSA) is 60.9 Å². The lowest BCUT2D eigenvalue weighted by molar-refractivity contribution is 0.425. The molecule has 0 aliphatic heterocycles. The van der Waals surface area contributed by atoms with Gasteiger partial charge in [-0.1, -0.05) is 5.16 Å². The molecule has 0 radical (unpaired) electrons. The molecule has 0 saturated heterocycles. The molecule has 0 saturated carbocycles. The summed E-state index contributed by atoms with van der Waals surface area (Å²) in [6.45, 7) is 0. The Morgan fingerprint density at radius 2 is 2.40 bits per heavy atom. The van der Waals surface area contributed by atoms with Crippen LogP contribution in [-0.2, 0) is 12.9 Å². The second-order valence-corrected chi connectivity index (χ2v) is 3.28. The number of hydrogen-bond acceptors (Lipinski definition) is 4. The van der Waals surface area contributed by atoms with Crippen LogP contribution in [0, 0.1) is 0 Å². The summed E-state index contributed by atoms with van der Waals surface area (Å²) < 4.78 is 6.40. The summed E-state index contributed by atoms with van der Waals surface area (Å²) in [7, 11) is 1.67. The lowest BCUT2D eigenvalue weighted by Gasteiger charge is -1.96. The fraction of sp³-hybridized carbons (Fsp3) is 0.222. The summed E-state index contributed by atoms with van der Waals surface area (Å²) in [6, 6.07) is 3.17. The third-order valence-electron chi connectivity index (χ3n) is 1.94. The Hall–Kier alpha value is -1.62. The Labute approximate surface area is 90.3 Å². The minimum atomic E-state index is -0.127. The van der Waals surface area contributed by atoms with Gasteiger partial charge in [-0.15, -0.1) is 11.6 Å². The van der Waals surface area contributed by atoms with E-state index in [4.69, 9.17) is 16.1 Å². The molecule has 0 unspecified atom stereocenters. The van der Waals surface area contributed by atoms with Gasteiger partial charge < -0.3 is 9.09 Å². The zero-order chi connectivity index (χ0) is 10.8. The van der Waals surface area contributed by atoms with Crippen molar-refractivity contribution in [2.24, 2.45) is 7.05 Å². The predicted molar refractivity (Wildman–Crippen MR) is 54.5 cm³/mol. The van der Waals surface area contributed by atoms with E-state index in [0.717, 1.165) is 0 Å². The molecule has 0 atom stereocenters. The van der Waals surface area contributed by atoms with E-state index in [9.17, 15) is 4.79 Å². The Morgan fingerprint density at radius 3 is 3.00 bits per heavy atom. The second-order valence-electron chi connectivity index (χ2n) is 3.01. The van der Waals surface area contributed by atoms with Crippen molar-refractivity contribution in [1.29, 1.82) is 0 Å². The Kier molecular flexibility index (Phi) is 2.55. The Bertz CT molecular complexity index is 532. The van der Waals surface area contributed by atoms with Crippen LogP contribution in [0.4, 0.5) is 0 Å². The third-order valence-corrected chi connectivity index (χ3v) is 2.18. The number of hydrogen-bond donors (Lipinski definition) is 0. The quantitative estimate of drug-likeness (QED) is 0.720. The zero-order valence-corrected chi connectivity index (χ0v) is 8.73. The molecule has 6 heteroatoms. The first-order valence-corrected chi connectivity index (χ1v) is 4.80. The van der Waals surface area contributed by atoms with Crippen molar-refractivity contribution in [3.05, 3.63) is 34.5 Å². The molecule has 78 valence electrons. The van der Waals surface area contributed by atoms with E-state index in [2.05, 4.69) is 10.1 Å². The van der Waals surface area contributed by atoms with Crippen molar-refractivity contribution in [3.8, 4) is 11.5 Å². The fourth-order valence-corrected chi connectivity index (χ4v) is 1.22. The number of halogens is 1. The molecule has 0 amide bonds. The molecule has 0 fully saturated rings. The predicted octanol–water partition coefficient (Wildman–Crippen LogP) is 1.17. The summed E-state index contributed by atoms with van der Waals surface area (Å²) in [5.74, 6) is 0.907. The van der Waals surface area contributed by atoms with Crippen LogP contribution >= 0.6 is 11.6 Å². The van der Waals surface area contributed by atoms with Gasteiger partial charge in [-0.25, -0.2) is 0 Å². The van der Waals surface area contributed by atoms with Crippen LogP contribution in [-0.4, -0.2) is 14.7 Å². The summed E-state index contributed by atoms with van der Waals surface area (Å²) in [4.78, 5) is 15.3. The molecule has 0 aromatic carbocycles. The molecule has 0 aliphatic carbocycles. The number of aryl methyl sites for hydroxylation is 1. The smallest absolute Gasteiger partial charge is 0.258 e. The Balaban J connectivity index is 2.45. The van der Waals surface area contributed by atoms with Gasteiger partial charge in [0.25, 0.3) is 11.4 Å². The van der Waals surface area contributed by atoms with E-state index in [1.54, 1.807) is 19.3 Å². The molecular formula is C9H8ClN3O2. The average molecular weight is 226 g/mol. The minimum absolute atomic E-state index is 0.127. The first-order chi connectivity index (χ1) is 7.20. The van der Waals surface area contributed by atoms with Gasteiger partial charge in [0.05, 0.1) is 5.88 Å². The van der Waals surface area contributed by atoms with Crippen LogP contribution in [0.15, 0.2) is 27.6 Å². The van der Waals surface area contributed by atoms with Crippen LogP contribution in [0.5, 0.6) is 0 Å². The fourth-order valence-electron chi connectivity index (χ4n) is 1.11. The van der Waals surface area contributed by atoms with E-state index in [0.29, 0.717) is 17.3 Å². The van der Waals surface area contributed by atoms with E-state index < -0.39 is 0 Å². The monoisotopic (exact) mass is 225 g/mol. The molecule has 0 bridgehead atoms. The summed E-state index contributed by atoms with van der Waals surface area (Å²) in [6.07, 6.45) is 1.64. The molecule has 5 nitrogen and oxygen atoms in total. The number of pyridine rings is 1. The minimum Gasteiger partial charge on any atom is -0.334 e. The van der Waals surface area contributed by atoms with Crippen molar-refractivity contribution < 1.29 is 4.52 Å².